The molecule has 2 heterocycles. The molecule has 6 nitrogen and oxygen atoms in total. The van der Waals surface area contributed by atoms with Gasteiger partial charge in [-0.3, -0.25) is 9.59 Å². The lowest BCUT2D eigenvalue weighted by atomic mass is 10.1. The fraction of sp³-hybridized carbons (Fsp3) is 0.667. The predicted octanol–water partition coefficient (Wildman–Crippen LogP) is -2.29. The van der Waals surface area contributed by atoms with Crippen molar-refractivity contribution < 1.29 is 19.1 Å². The molecule has 2 saturated heterocycles. The van der Waals surface area contributed by atoms with Crippen LogP contribution in [0.3, 0.4) is 0 Å². The first-order chi connectivity index (χ1) is 5.70. The topological polar surface area (TPSA) is 90.7 Å². The zero-order chi connectivity index (χ0) is 8.72. The third-order valence-electron chi connectivity index (χ3n) is 2.00. The summed E-state index contributed by atoms with van der Waals surface area (Å²) in [5.41, 5.74) is 5.03. The molecule has 0 radical (unpaired) electrons. The maximum Gasteiger partial charge on any atom is 0.252 e. The van der Waals surface area contributed by atoms with Crippen LogP contribution in [0.15, 0.2) is 0 Å². The van der Waals surface area contributed by atoms with Crippen LogP contribution >= 0.6 is 0 Å². The summed E-state index contributed by atoms with van der Waals surface area (Å²) in [5, 5.41) is 2.39. The van der Waals surface area contributed by atoms with Crippen LogP contribution < -0.4 is 11.1 Å². The van der Waals surface area contributed by atoms with E-state index in [4.69, 9.17) is 15.2 Å². The number of nitrogens with two attached hydrogens (primary N) is 1. The predicted molar refractivity (Wildman–Crippen MR) is 35.7 cm³/mol. The minimum absolute atomic E-state index is 0.0481. The average molecular weight is 172 g/mol. The SMILES string of the molecule is NC(=O)C1NC(=O)C2OCOC12. The molecule has 2 fully saturated rings. The minimum atomic E-state index is -0.745. The van der Waals surface area contributed by atoms with Crippen molar-refractivity contribution in [1.29, 1.82) is 0 Å². The Hall–Kier alpha value is -1.14. The Morgan fingerprint density at radius 3 is 3.00 bits per heavy atom. The van der Waals surface area contributed by atoms with Gasteiger partial charge in [-0.05, 0) is 0 Å². The van der Waals surface area contributed by atoms with E-state index >= 15 is 0 Å². The molecule has 0 aromatic rings. The third-order valence-corrected chi connectivity index (χ3v) is 2.00. The van der Waals surface area contributed by atoms with Crippen LogP contribution in [-0.4, -0.2) is 36.9 Å². The summed E-state index contributed by atoms with van der Waals surface area (Å²) >= 11 is 0. The highest BCUT2D eigenvalue weighted by molar-refractivity contribution is 5.94. The Morgan fingerprint density at radius 2 is 2.33 bits per heavy atom. The molecule has 2 amide bonds. The van der Waals surface area contributed by atoms with Crippen molar-refractivity contribution in [3.63, 3.8) is 0 Å². The summed E-state index contributed by atoms with van der Waals surface area (Å²) in [6.45, 7) is 0.0481. The molecule has 0 spiro atoms. The monoisotopic (exact) mass is 172 g/mol. The van der Waals surface area contributed by atoms with Gasteiger partial charge in [-0.2, -0.15) is 0 Å². The van der Waals surface area contributed by atoms with Crippen LogP contribution in [0.25, 0.3) is 0 Å². The van der Waals surface area contributed by atoms with Crippen molar-refractivity contribution in [2.24, 2.45) is 5.73 Å². The molecule has 3 N–H and O–H groups in total. The molecule has 6 heteroatoms. The number of hydrogen-bond donors (Lipinski definition) is 2. The Labute approximate surface area is 68.0 Å². The number of carbonyl (C=O) groups is 2. The molecule has 0 saturated carbocycles. The second-order valence-corrected chi connectivity index (χ2v) is 2.73. The lowest BCUT2D eigenvalue weighted by Crippen LogP contribution is -2.44. The van der Waals surface area contributed by atoms with E-state index in [1.807, 2.05) is 0 Å². The molecule has 0 bridgehead atoms. The van der Waals surface area contributed by atoms with Crippen LogP contribution in [0, 0.1) is 0 Å². The molecule has 12 heavy (non-hydrogen) atoms. The van der Waals surface area contributed by atoms with Crippen molar-refractivity contribution in [3.8, 4) is 0 Å². The van der Waals surface area contributed by atoms with Crippen LogP contribution in [0.1, 0.15) is 0 Å². The molecule has 66 valence electrons. The van der Waals surface area contributed by atoms with Crippen LogP contribution in [0.4, 0.5) is 0 Å². The Kier molecular flexibility index (Phi) is 1.52. The fourth-order valence-electron chi connectivity index (χ4n) is 1.42. The summed E-state index contributed by atoms with van der Waals surface area (Å²) in [5.74, 6) is -0.928. The van der Waals surface area contributed by atoms with E-state index in [-0.39, 0.29) is 12.7 Å². The highest BCUT2D eigenvalue weighted by atomic mass is 16.7. The molecule has 2 aliphatic rings. The standard InChI is InChI=1S/C6H8N2O4/c7-5(9)2-3-4(6(10)8-2)12-1-11-3/h2-4H,1H2,(H2,7,9)(H,8,10). The van der Waals surface area contributed by atoms with E-state index in [9.17, 15) is 9.59 Å². The minimum Gasteiger partial charge on any atom is -0.368 e. The summed E-state index contributed by atoms with van der Waals surface area (Å²) < 4.78 is 9.94. The second-order valence-electron chi connectivity index (χ2n) is 2.73. The van der Waals surface area contributed by atoms with Gasteiger partial charge in [-0.1, -0.05) is 0 Å². The van der Waals surface area contributed by atoms with Gasteiger partial charge in [0.1, 0.15) is 18.9 Å². The number of carbonyl (C=O) groups excluding carboxylic acids is 2. The van der Waals surface area contributed by atoms with Gasteiger partial charge in [0.05, 0.1) is 0 Å². The summed E-state index contributed by atoms with van der Waals surface area (Å²) in [7, 11) is 0. The number of nitrogens with one attached hydrogen (secondary N) is 1. The van der Waals surface area contributed by atoms with Crippen LogP contribution in [0.2, 0.25) is 0 Å². The van der Waals surface area contributed by atoms with Gasteiger partial charge in [0.15, 0.2) is 6.10 Å². The van der Waals surface area contributed by atoms with Crippen molar-refractivity contribution in [1.82, 2.24) is 5.32 Å². The molecule has 0 aliphatic carbocycles. The Balaban J connectivity index is 2.20. The molecule has 3 unspecified atom stereocenters. The number of rotatable bonds is 1. The maximum absolute atomic E-state index is 11.0. The summed E-state index contributed by atoms with van der Waals surface area (Å²) in [6.07, 6.45) is -1.21. The number of ether oxygens (including phenoxy) is 2. The van der Waals surface area contributed by atoms with Gasteiger partial charge < -0.3 is 20.5 Å². The van der Waals surface area contributed by atoms with Crippen molar-refractivity contribution in [2.45, 2.75) is 18.2 Å². The quantitative estimate of drug-likeness (QED) is 0.466. The first-order valence-electron chi connectivity index (χ1n) is 3.53. The first kappa shape index (κ1) is 7.51. The lowest BCUT2D eigenvalue weighted by Gasteiger charge is -2.10. The molecule has 2 aliphatic heterocycles. The molecular weight excluding hydrogens is 164 g/mol. The molecule has 3 atom stereocenters. The summed E-state index contributed by atoms with van der Waals surface area (Å²) in [6, 6.07) is -0.745. The molecule has 2 rings (SSSR count). The van der Waals surface area contributed by atoms with Gasteiger partial charge in [-0.15, -0.1) is 0 Å². The third kappa shape index (κ3) is 0.886. The highest BCUT2D eigenvalue weighted by Gasteiger charge is 2.50. The van der Waals surface area contributed by atoms with E-state index in [1.165, 1.54) is 0 Å². The number of fused-ring (bicyclic) bond motifs is 1. The molecule has 0 aromatic heterocycles. The number of primary amides is 1. The van der Waals surface area contributed by atoms with Gasteiger partial charge in [0.25, 0.3) is 5.91 Å². The van der Waals surface area contributed by atoms with E-state index in [0.29, 0.717) is 0 Å². The fourth-order valence-corrected chi connectivity index (χ4v) is 1.42. The first-order valence-corrected chi connectivity index (χ1v) is 3.53. The normalized spacial score (nSPS) is 39.3. The smallest absolute Gasteiger partial charge is 0.252 e. The highest BCUT2D eigenvalue weighted by Crippen LogP contribution is 2.21. The van der Waals surface area contributed by atoms with Crippen molar-refractivity contribution >= 4 is 11.8 Å². The van der Waals surface area contributed by atoms with E-state index in [1.54, 1.807) is 0 Å². The second kappa shape index (κ2) is 2.43. The number of hydrogen-bond acceptors (Lipinski definition) is 4. The van der Waals surface area contributed by atoms with Crippen LogP contribution in [-0.2, 0) is 19.1 Å². The summed E-state index contributed by atoms with van der Waals surface area (Å²) in [4.78, 5) is 21.8. The average Bonchev–Trinajstić information content (AvgIpc) is 2.53. The van der Waals surface area contributed by atoms with Gasteiger partial charge in [0.2, 0.25) is 5.91 Å². The number of amides is 2. The van der Waals surface area contributed by atoms with Crippen molar-refractivity contribution in [3.05, 3.63) is 0 Å². The van der Waals surface area contributed by atoms with Gasteiger partial charge >= 0.3 is 0 Å². The van der Waals surface area contributed by atoms with Gasteiger partial charge in [-0.25, -0.2) is 0 Å². The zero-order valence-corrected chi connectivity index (χ0v) is 6.15. The Bertz CT molecular complexity index is 242. The lowest BCUT2D eigenvalue weighted by molar-refractivity contribution is -0.130. The van der Waals surface area contributed by atoms with E-state index in [2.05, 4.69) is 5.32 Å². The molecular formula is C6H8N2O4. The Morgan fingerprint density at radius 1 is 1.58 bits per heavy atom. The van der Waals surface area contributed by atoms with Crippen LogP contribution in [0.5, 0.6) is 0 Å². The maximum atomic E-state index is 11.0. The molecule has 0 aromatic carbocycles. The van der Waals surface area contributed by atoms with E-state index in [0.717, 1.165) is 0 Å². The van der Waals surface area contributed by atoms with E-state index < -0.39 is 24.2 Å². The van der Waals surface area contributed by atoms with Crippen molar-refractivity contribution in [2.75, 3.05) is 6.79 Å². The zero-order valence-electron chi connectivity index (χ0n) is 6.15. The largest absolute Gasteiger partial charge is 0.368 e. The van der Waals surface area contributed by atoms with Gasteiger partial charge in [0, 0.05) is 0 Å².